The first-order chi connectivity index (χ1) is 9.45. The number of rotatable bonds is 4. The van der Waals surface area contributed by atoms with Crippen LogP contribution in [0.3, 0.4) is 0 Å². The quantitative estimate of drug-likeness (QED) is 0.668. The van der Waals surface area contributed by atoms with Crippen LogP contribution in [0.4, 0.5) is 21.7 Å². The van der Waals surface area contributed by atoms with Gasteiger partial charge in [0.2, 0.25) is 0 Å². The fraction of sp³-hybridized carbons (Fsp3) is 0.0833. The molecule has 0 unspecified atom stereocenters. The Morgan fingerprint density at radius 1 is 1.40 bits per heavy atom. The number of pyridine rings is 1. The van der Waals surface area contributed by atoms with Gasteiger partial charge in [-0.3, -0.25) is 10.1 Å². The van der Waals surface area contributed by atoms with Crippen molar-refractivity contribution in [1.82, 2.24) is 4.98 Å². The maximum atomic E-state index is 13.0. The molecule has 6 nitrogen and oxygen atoms in total. The molecule has 8 heteroatoms. The van der Waals surface area contributed by atoms with Crippen molar-refractivity contribution in [2.75, 3.05) is 11.1 Å². The third kappa shape index (κ3) is 3.33. The van der Waals surface area contributed by atoms with E-state index >= 15 is 0 Å². The van der Waals surface area contributed by atoms with Crippen LogP contribution < -0.4 is 11.1 Å². The number of aromatic nitrogens is 1. The lowest BCUT2D eigenvalue weighted by atomic mass is 10.2. The minimum absolute atomic E-state index is 0.0100. The Morgan fingerprint density at radius 2 is 2.15 bits per heavy atom. The molecular formula is C12H10ClFN4O2. The maximum absolute atomic E-state index is 13.0. The van der Waals surface area contributed by atoms with Gasteiger partial charge in [0.25, 0.3) is 5.69 Å². The number of nitrogens with one attached hydrogen (secondary N) is 1. The molecule has 20 heavy (non-hydrogen) atoms. The van der Waals surface area contributed by atoms with Gasteiger partial charge in [0.1, 0.15) is 17.5 Å². The summed E-state index contributed by atoms with van der Waals surface area (Å²) in [4.78, 5) is 14.1. The maximum Gasteiger partial charge on any atom is 0.276 e. The first-order valence-electron chi connectivity index (χ1n) is 5.55. The molecule has 1 heterocycles. The Labute approximate surface area is 118 Å². The Bertz CT molecular complexity index is 666. The van der Waals surface area contributed by atoms with Crippen LogP contribution >= 0.6 is 11.6 Å². The molecule has 0 bridgehead atoms. The molecular weight excluding hydrogens is 287 g/mol. The highest BCUT2D eigenvalue weighted by Crippen LogP contribution is 2.20. The highest BCUT2D eigenvalue weighted by molar-refractivity contribution is 6.30. The van der Waals surface area contributed by atoms with E-state index in [4.69, 9.17) is 17.3 Å². The number of halogens is 2. The van der Waals surface area contributed by atoms with E-state index in [1.54, 1.807) is 6.07 Å². The van der Waals surface area contributed by atoms with Crippen LogP contribution in [0.15, 0.2) is 30.3 Å². The summed E-state index contributed by atoms with van der Waals surface area (Å²) in [5, 5.41) is 13.6. The molecule has 0 aliphatic carbocycles. The summed E-state index contributed by atoms with van der Waals surface area (Å²) in [7, 11) is 0. The van der Waals surface area contributed by atoms with Gasteiger partial charge >= 0.3 is 0 Å². The predicted molar refractivity (Wildman–Crippen MR) is 74.0 cm³/mol. The molecule has 0 atom stereocenters. The lowest BCUT2D eigenvalue weighted by Crippen LogP contribution is -2.04. The van der Waals surface area contributed by atoms with Crippen molar-refractivity contribution in [3.8, 4) is 0 Å². The molecule has 2 aromatic rings. The third-order valence-electron chi connectivity index (χ3n) is 2.50. The second kappa shape index (κ2) is 5.70. The topological polar surface area (TPSA) is 94.1 Å². The molecule has 0 aliphatic heterocycles. The number of nitrogens with two attached hydrogens (primary N) is 1. The van der Waals surface area contributed by atoms with E-state index in [1.165, 1.54) is 24.3 Å². The summed E-state index contributed by atoms with van der Waals surface area (Å²) in [6, 6.07) is 6.69. The second-order valence-electron chi connectivity index (χ2n) is 3.99. The number of nitrogens with zero attached hydrogens (tertiary/aromatic N) is 2. The van der Waals surface area contributed by atoms with Crippen LogP contribution in [-0.2, 0) is 6.54 Å². The summed E-state index contributed by atoms with van der Waals surface area (Å²) in [5.41, 5.74) is 6.04. The van der Waals surface area contributed by atoms with Crippen LogP contribution in [-0.4, -0.2) is 9.91 Å². The number of benzene rings is 1. The van der Waals surface area contributed by atoms with Gasteiger partial charge in [-0.15, -0.1) is 0 Å². The normalized spacial score (nSPS) is 10.3. The van der Waals surface area contributed by atoms with E-state index in [0.29, 0.717) is 5.56 Å². The van der Waals surface area contributed by atoms with Gasteiger partial charge in [0.15, 0.2) is 0 Å². The van der Waals surface area contributed by atoms with Crippen molar-refractivity contribution in [2.24, 2.45) is 0 Å². The SMILES string of the molecule is Nc1cc([N+](=O)[O-])cc(NCc2ccc(F)c(Cl)c2)n1. The van der Waals surface area contributed by atoms with E-state index in [0.717, 1.165) is 0 Å². The van der Waals surface area contributed by atoms with E-state index < -0.39 is 10.7 Å². The van der Waals surface area contributed by atoms with Crippen molar-refractivity contribution >= 4 is 28.9 Å². The van der Waals surface area contributed by atoms with Gasteiger partial charge in [-0.05, 0) is 17.7 Å². The van der Waals surface area contributed by atoms with E-state index in [1.807, 2.05) is 0 Å². The molecule has 0 aliphatic rings. The zero-order valence-corrected chi connectivity index (χ0v) is 10.9. The molecule has 0 saturated heterocycles. The number of hydrogen-bond acceptors (Lipinski definition) is 5. The van der Waals surface area contributed by atoms with Crippen molar-refractivity contribution in [1.29, 1.82) is 0 Å². The van der Waals surface area contributed by atoms with Crippen LogP contribution in [0.1, 0.15) is 5.56 Å². The van der Waals surface area contributed by atoms with E-state index in [9.17, 15) is 14.5 Å². The summed E-state index contributed by atoms with van der Waals surface area (Å²) in [6.45, 7) is 0.285. The van der Waals surface area contributed by atoms with Gasteiger partial charge in [-0.1, -0.05) is 17.7 Å². The zero-order chi connectivity index (χ0) is 14.7. The summed E-state index contributed by atoms with van der Waals surface area (Å²) >= 11 is 5.66. The number of anilines is 2. The number of nitrogen functional groups attached to an aromatic ring is 1. The van der Waals surface area contributed by atoms with Crippen molar-refractivity contribution in [2.45, 2.75) is 6.54 Å². The van der Waals surface area contributed by atoms with Crippen molar-refractivity contribution < 1.29 is 9.31 Å². The molecule has 3 N–H and O–H groups in total. The minimum atomic E-state index is -0.558. The third-order valence-corrected chi connectivity index (χ3v) is 2.79. The van der Waals surface area contributed by atoms with Crippen molar-refractivity contribution in [3.05, 3.63) is 56.8 Å². The molecule has 0 amide bonds. The molecule has 2 rings (SSSR count). The van der Waals surface area contributed by atoms with Gasteiger partial charge < -0.3 is 11.1 Å². The number of nitro groups is 1. The van der Waals surface area contributed by atoms with Crippen LogP contribution in [0.25, 0.3) is 0 Å². The average Bonchev–Trinajstić information content (AvgIpc) is 2.39. The molecule has 1 aromatic heterocycles. The molecule has 104 valence electrons. The van der Waals surface area contributed by atoms with E-state index in [2.05, 4.69) is 10.3 Å². The van der Waals surface area contributed by atoms with E-state index in [-0.39, 0.29) is 28.9 Å². The Kier molecular flexibility index (Phi) is 3.99. The Balaban J connectivity index is 2.14. The molecule has 0 radical (unpaired) electrons. The monoisotopic (exact) mass is 296 g/mol. The zero-order valence-electron chi connectivity index (χ0n) is 10.1. The van der Waals surface area contributed by atoms with Crippen LogP contribution in [0, 0.1) is 15.9 Å². The number of hydrogen-bond donors (Lipinski definition) is 2. The van der Waals surface area contributed by atoms with Gasteiger partial charge in [0.05, 0.1) is 22.1 Å². The minimum Gasteiger partial charge on any atom is -0.383 e. The molecule has 0 saturated carbocycles. The van der Waals surface area contributed by atoms with Crippen molar-refractivity contribution in [3.63, 3.8) is 0 Å². The second-order valence-corrected chi connectivity index (χ2v) is 4.40. The summed E-state index contributed by atoms with van der Waals surface area (Å²) < 4.78 is 13.0. The lowest BCUT2D eigenvalue weighted by Gasteiger charge is -2.07. The smallest absolute Gasteiger partial charge is 0.276 e. The van der Waals surface area contributed by atoms with Gasteiger partial charge in [-0.25, -0.2) is 9.37 Å². The van der Waals surface area contributed by atoms with Gasteiger partial charge in [-0.2, -0.15) is 0 Å². The first-order valence-corrected chi connectivity index (χ1v) is 5.93. The fourth-order valence-electron chi connectivity index (χ4n) is 1.58. The highest BCUT2D eigenvalue weighted by Gasteiger charge is 2.09. The molecule has 0 spiro atoms. The predicted octanol–water partition coefficient (Wildman–Crippen LogP) is 2.98. The fourth-order valence-corrected chi connectivity index (χ4v) is 1.78. The van der Waals surface area contributed by atoms with Crippen LogP contribution in [0.5, 0.6) is 0 Å². The standard InChI is InChI=1S/C12H10ClFN4O2/c13-9-3-7(1-2-10(9)14)6-16-12-5-8(18(19)20)4-11(15)17-12/h1-5H,6H2,(H3,15,16,17). The highest BCUT2D eigenvalue weighted by atomic mass is 35.5. The Hall–Kier alpha value is -2.41. The average molecular weight is 297 g/mol. The first kappa shape index (κ1) is 14.0. The van der Waals surface area contributed by atoms with Crippen LogP contribution in [0.2, 0.25) is 5.02 Å². The summed E-state index contributed by atoms with van der Waals surface area (Å²) in [5.74, 6) is -0.205. The lowest BCUT2D eigenvalue weighted by molar-refractivity contribution is -0.384. The largest absolute Gasteiger partial charge is 0.383 e. The molecule has 1 aromatic carbocycles. The Morgan fingerprint density at radius 3 is 2.80 bits per heavy atom. The summed E-state index contributed by atoms with van der Waals surface area (Å²) in [6.07, 6.45) is 0. The van der Waals surface area contributed by atoms with Gasteiger partial charge in [0, 0.05) is 6.54 Å². The molecule has 0 fully saturated rings.